The minimum absolute atomic E-state index is 0.115. The molecule has 7 rings (SSSR count). The number of alkyl halides is 3. The molecular formula is C23H27F3N8O. The predicted octanol–water partition coefficient (Wildman–Crippen LogP) is 2.61. The maximum atomic E-state index is 12.9. The number of rotatable bonds is 4. The number of likely N-dealkylation sites (tertiary alicyclic amines) is 3. The molecule has 0 unspecified atom stereocenters. The van der Waals surface area contributed by atoms with Crippen molar-refractivity contribution in [2.75, 3.05) is 39.3 Å². The number of halogens is 3. The van der Waals surface area contributed by atoms with Gasteiger partial charge in [-0.15, -0.1) is 0 Å². The summed E-state index contributed by atoms with van der Waals surface area (Å²) in [6.07, 6.45) is 2.06. The molecule has 0 aromatic carbocycles. The molecule has 2 spiro atoms. The van der Waals surface area contributed by atoms with Crippen LogP contribution in [0.15, 0.2) is 12.4 Å². The molecule has 2 amide bonds. The first-order valence-electron chi connectivity index (χ1n) is 12.3. The highest BCUT2D eigenvalue weighted by Gasteiger charge is 2.58. The fourth-order valence-corrected chi connectivity index (χ4v) is 6.46. The summed E-state index contributed by atoms with van der Waals surface area (Å²) in [5, 5.41) is 7.52. The first kappa shape index (κ1) is 21.5. The molecule has 0 atom stereocenters. The normalized spacial score (nSPS) is 25.2. The van der Waals surface area contributed by atoms with Crippen molar-refractivity contribution in [3.63, 3.8) is 0 Å². The Morgan fingerprint density at radius 2 is 1.66 bits per heavy atom. The number of hydrogen-bond acceptors (Lipinski definition) is 6. The monoisotopic (exact) mass is 488 g/mol. The number of urea groups is 1. The Balaban J connectivity index is 0.840. The van der Waals surface area contributed by atoms with E-state index in [0.29, 0.717) is 24.1 Å². The summed E-state index contributed by atoms with van der Waals surface area (Å²) in [7, 11) is 0. The van der Waals surface area contributed by atoms with Crippen LogP contribution in [0.3, 0.4) is 0 Å². The van der Waals surface area contributed by atoms with Gasteiger partial charge < -0.3 is 9.80 Å². The van der Waals surface area contributed by atoms with Gasteiger partial charge in [-0.3, -0.25) is 15.0 Å². The number of carbonyl (C=O) groups excluding carboxylic acids is 1. The lowest BCUT2D eigenvalue weighted by Crippen LogP contribution is -2.75. The highest BCUT2D eigenvalue weighted by Crippen LogP contribution is 2.56. The van der Waals surface area contributed by atoms with E-state index in [4.69, 9.17) is 0 Å². The standard InChI is InChI=1S/C23H27F3N8O/c24-23(25,26)17-6-27-16(5-28-17)7-32-8-22(9-32)12-34(13-22)20(35)33-10-21(11-33)3-15(4-21)19-29-18(30-31-19)14-1-2-14/h5-6,14-15H,1-4,7-13H2,(H,29,30,31). The lowest BCUT2D eigenvalue weighted by atomic mass is 9.57. The van der Waals surface area contributed by atoms with Crippen molar-refractivity contribution in [3.05, 3.63) is 35.4 Å². The molecule has 3 aliphatic heterocycles. The van der Waals surface area contributed by atoms with Crippen LogP contribution in [-0.4, -0.2) is 85.1 Å². The van der Waals surface area contributed by atoms with Gasteiger partial charge in [0, 0.05) is 68.5 Å². The van der Waals surface area contributed by atoms with E-state index in [0.717, 1.165) is 70.0 Å². The summed E-state index contributed by atoms with van der Waals surface area (Å²) < 4.78 is 37.9. The zero-order valence-corrected chi connectivity index (χ0v) is 19.3. The molecule has 2 aromatic heterocycles. The molecule has 1 N–H and O–H groups in total. The van der Waals surface area contributed by atoms with Gasteiger partial charge in [0.05, 0.1) is 18.1 Å². The molecule has 12 heteroatoms. The van der Waals surface area contributed by atoms with Gasteiger partial charge in [-0.2, -0.15) is 18.3 Å². The van der Waals surface area contributed by atoms with Gasteiger partial charge in [0.25, 0.3) is 0 Å². The molecule has 35 heavy (non-hydrogen) atoms. The first-order valence-corrected chi connectivity index (χ1v) is 12.3. The second-order valence-corrected chi connectivity index (χ2v) is 11.5. The van der Waals surface area contributed by atoms with Crippen LogP contribution in [0.1, 0.15) is 60.6 Å². The van der Waals surface area contributed by atoms with Gasteiger partial charge in [-0.1, -0.05) is 0 Å². The topological polar surface area (TPSA) is 94.1 Å². The molecule has 0 radical (unpaired) electrons. The molecule has 186 valence electrons. The quantitative estimate of drug-likeness (QED) is 0.711. The molecule has 2 aromatic rings. The Morgan fingerprint density at radius 1 is 0.971 bits per heavy atom. The summed E-state index contributed by atoms with van der Waals surface area (Å²) in [4.78, 5) is 31.0. The van der Waals surface area contributed by atoms with Crippen LogP contribution in [0.4, 0.5) is 18.0 Å². The molecule has 5 aliphatic rings. The summed E-state index contributed by atoms with van der Waals surface area (Å²) in [5.41, 5.74) is -0.0813. The molecule has 5 heterocycles. The van der Waals surface area contributed by atoms with Crippen molar-refractivity contribution in [2.24, 2.45) is 10.8 Å². The largest absolute Gasteiger partial charge is 0.434 e. The van der Waals surface area contributed by atoms with Crippen molar-refractivity contribution in [2.45, 2.75) is 50.2 Å². The molecular weight excluding hydrogens is 461 g/mol. The van der Waals surface area contributed by atoms with Gasteiger partial charge in [0.1, 0.15) is 5.82 Å². The van der Waals surface area contributed by atoms with Crippen LogP contribution in [0.2, 0.25) is 0 Å². The molecule has 3 saturated heterocycles. The van der Waals surface area contributed by atoms with Crippen LogP contribution in [0, 0.1) is 10.8 Å². The maximum Gasteiger partial charge on any atom is 0.434 e. The minimum atomic E-state index is -4.47. The summed E-state index contributed by atoms with van der Waals surface area (Å²) in [5.74, 6) is 2.99. The Kier molecular flexibility index (Phi) is 4.39. The van der Waals surface area contributed by atoms with E-state index in [2.05, 4.69) is 30.0 Å². The van der Waals surface area contributed by atoms with Crippen molar-refractivity contribution in [3.8, 4) is 0 Å². The van der Waals surface area contributed by atoms with E-state index in [1.54, 1.807) is 0 Å². The number of nitrogens with one attached hydrogen (secondary N) is 1. The van der Waals surface area contributed by atoms with Crippen LogP contribution in [0.5, 0.6) is 0 Å². The zero-order valence-electron chi connectivity index (χ0n) is 19.3. The van der Waals surface area contributed by atoms with E-state index in [-0.39, 0.29) is 16.9 Å². The van der Waals surface area contributed by atoms with Crippen LogP contribution >= 0.6 is 0 Å². The van der Waals surface area contributed by atoms with Crippen molar-refractivity contribution < 1.29 is 18.0 Å². The third-order valence-electron chi connectivity index (χ3n) is 8.35. The van der Waals surface area contributed by atoms with Crippen LogP contribution in [0.25, 0.3) is 0 Å². The van der Waals surface area contributed by atoms with E-state index in [1.165, 1.54) is 19.0 Å². The molecule has 0 bridgehead atoms. The third-order valence-corrected chi connectivity index (χ3v) is 8.35. The Bertz CT molecular complexity index is 1130. The number of H-pyrrole nitrogens is 1. The number of amides is 2. The van der Waals surface area contributed by atoms with Crippen LogP contribution < -0.4 is 0 Å². The minimum Gasteiger partial charge on any atom is -0.323 e. The zero-order chi connectivity index (χ0) is 24.0. The SMILES string of the molecule is O=C(N1CC2(CC(c3n[nH]c(C4CC4)n3)C2)C1)N1CC2(CN(Cc3cnc(C(F)(F)F)cn3)C2)C1. The average Bonchev–Trinajstić information content (AvgIpc) is 3.44. The highest BCUT2D eigenvalue weighted by atomic mass is 19.4. The summed E-state index contributed by atoms with van der Waals surface area (Å²) in [6.45, 7) is 5.26. The second kappa shape index (κ2) is 7.14. The van der Waals surface area contributed by atoms with Gasteiger partial charge >= 0.3 is 12.2 Å². The lowest BCUT2D eigenvalue weighted by molar-refractivity contribution is -0.141. The third kappa shape index (κ3) is 3.68. The number of carbonyl (C=O) groups is 1. The van der Waals surface area contributed by atoms with E-state index >= 15 is 0 Å². The highest BCUT2D eigenvalue weighted by molar-refractivity contribution is 5.77. The molecule has 2 aliphatic carbocycles. The Morgan fingerprint density at radius 3 is 2.26 bits per heavy atom. The second-order valence-electron chi connectivity index (χ2n) is 11.5. The number of hydrogen-bond donors (Lipinski definition) is 1. The first-order chi connectivity index (χ1) is 16.7. The summed E-state index contributed by atoms with van der Waals surface area (Å²) >= 11 is 0. The molecule has 5 fully saturated rings. The van der Waals surface area contributed by atoms with Gasteiger partial charge in [-0.25, -0.2) is 14.8 Å². The Hall–Kier alpha value is -2.76. The number of aromatic amines is 1. The molecule has 9 nitrogen and oxygen atoms in total. The van der Waals surface area contributed by atoms with Crippen molar-refractivity contribution >= 4 is 6.03 Å². The van der Waals surface area contributed by atoms with Crippen molar-refractivity contribution in [1.29, 1.82) is 0 Å². The van der Waals surface area contributed by atoms with E-state index < -0.39 is 11.9 Å². The van der Waals surface area contributed by atoms with E-state index in [9.17, 15) is 18.0 Å². The fraction of sp³-hybridized carbons (Fsp3) is 0.696. The number of aromatic nitrogens is 5. The summed E-state index contributed by atoms with van der Waals surface area (Å²) in [6, 6.07) is 0.130. The predicted molar refractivity (Wildman–Crippen MR) is 116 cm³/mol. The smallest absolute Gasteiger partial charge is 0.323 e. The number of nitrogens with zero attached hydrogens (tertiary/aromatic N) is 7. The lowest BCUT2D eigenvalue weighted by Gasteiger charge is -2.63. The van der Waals surface area contributed by atoms with E-state index in [1.807, 2.05) is 9.80 Å². The van der Waals surface area contributed by atoms with Gasteiger partial charge in [0.2, 0.25) is 0 Å². The van der Waals surface area contributed by atoms with Crippen LogP contribution in [-0.2, 0) is 12.7 Å². The van der Waals surface area contributed by atoms with Crippen molar-refractivity contribution in [1.82, 2.24) is 39.8 Å². The molecule has 2 saturated carbocycles. The average molecular weight is 489 g/mol. The fourth-order valence-electron chi connectivity index (χ4n) is 6.46. The maximum absolute atomic E-state index is 12.9. The Labute approximate surface area is 200 Å². The van der Waals surface area contributed by atoms with Gasteiger partial charge in [-0.05, 0) is 25.7 Å². The van der Waals surface area contributed by atoms with Gasteiger partial charge in [0.15, 0.2) is 11.5 Å².